The van der Waals surface area contributed by atoms with E-state index in [2.05, 4.69) is 26.8 Å². The molecule has 0 saturated carbocycles. The Labute approximate surface area is 136 Å². The Hall–Kier alpha value is -2.45. The van der Waals surface area contributed by atoms with Gasteiger partial charge in [0.15, 0.2) is 22.9 Å². The van der Waals surface area contributed by atoms with Gasteiger partial charge in [-0.3, -0.25) is 14.3 Å². The fraction of sp³-hybridized carbons (Fsp3) is 0.500. The van der Waals surface area contributed by atoms with E-state index in [1.807, 2.05) is 0 Å². The molecule has 0 bridgehead atoms. The number of nitrogens with two attached hydrogens (primary N) is 2. The fourth-order valence-corrected chi connectivity index (χ4v) is 2.89. The van der Waals surface area contributed by atoms with Crippen molar-refractivity contribution in [2.75, 3.05) is 5.73 Å². The van der Waals surface area contributed by atoms with Crippen molar-refractivity contribution in [2.45, 2.75) is 43.9 Å². The molecular weight excluding hydrogens is 316 g/mol. The number of aliphatic hydroxyl groups is 2. The van der Waals surface area contributed by atoms with Crippen molar-refractivity contribution in [3.8, 4) is 11.8 Å². The largest absolute Gasteiger partial charge is 0.391 e. The number of aliphatic hydroxyl groups excluding tert-OH is 2. The highest BCUT2D eigenvalue weighted by Crippen LogP contribution is 2.38. The maximum atomic E-state index is 11.9. The Bertz CT molecular complexity index is 894. The summed E-state index contributed by atoms with van der Waals surface area (Å²) in [4.78, 5) is 22.3. The summed E-state index contributed by atoms with van der Waals surface area (Å²) in [5.41, 5.74) is 10.0. The van der Waals surface area contributed by atoms with Crippen LogP contribution in [0.25, 0.3) is 11.2 Å². The summed E-state index contributed by atoms with van der Waals surface area (Å²) in [7, 11) is 0. The van der Waals surface area contributed by atoms with Gasteiger partial charge in [-0.15, -0.1) is 5.92 Å². The summed E-state index contributed by atoms with van der Waals surface area (Å²) >= 11 is 0. The van der Waals surface area contributed by atoms with Crippen LogP contribution in [0.2, 0.25) is 0 Å². The van der Waals surface area contributed by atoms with Gasteiger partial charge in [0.1, 0.15) is 12.2 Å². The highest BCUT2D eigenvalue weighted by Gasteiger charge is 2.55. The number of ether oxygens (including phenoxy) is 1. The first-order chi connectivity index (χ1) is 11.3. The Balaban J connectivity index is 2.20. The molecule has 1 aliphatic rings. The molecular formula is C14H18N6O4. The zero-order valence-electron chi connectivity index (χ0n) is 13.1. The van der Waals surface area contributed by atoms with E-state index < -0.39 is 35.6 Å². The summed E-state index contributed by atoms with van der Waals surface area (Å²) in [5.74, 6) is 5.30. The number of hydrogen-bond acceptors (Lipinski definition) is 8. The topological polar surface area (TPSA) is 165 Å². The zero-order chi connectivity index (χ0) is 17.6. The summed E-state index contributed by atoms with van der Waals surface area (Å²) in [6.07, 6.45) is -2.90. The van der Waals surface area contributed by atoms with Crippen LogP contribution in [0.1, 0.15) is 20.1 Å². The number of aromatic nitrogens is 4. The van der Waals surface area contributed by atoms with Crippen LogP contribution in [0, 0.1) is 11.8 Å². The molecule has 0 radical (unpaired) electrons. The highest BCUT2D eigenvalue weighted by atomic mass is 16.5. The first-order valence-electron chi connectivity index (χ1n) is 7.26. The Kier molecular flexibility index (Phi) is 3.81. The fourth-order valence-electron chi connectivity index (χ4n) is 2.89. The van der Waals surface area contributed by atoms with Crippen molar-refractivity contribution in [3.05, 3.63) is 16.7 Å². The summed E-state index contributed by atoms with van der Waals surface area (Å²) in [6.45, 7) is 3.05. The first kappa shape index (κ1) is 16.4. The van der Waals surface area contributed by atoms with E-state index in [-0.39, 0.29) is 17.1 Å². The number of imidazole rings is 1. The van der Waals surface area contributed by atoms with Gasteiger partial charge in [0.2, 0.25) is 5.95 Å². The number of fused-ring (bicyclic) bond motifs is 1. The smallest absolute Gasteiger partial charge is 0.280 e. The molecule has 1 aliphatic heterocycles. The predicted molar refractivity (Wildman–Crippen MR) is 84.5 cm³/mol. The van der Waals surface area contributed by atoms with Gasteiger partial charge in [0.05, 0.1) is 12.4 Å². The number of aromatic amines is 1. The molecule has 0 aliphatic carbocycles. The molecule has 0 amide bonds. The molecule has 24 heavy (non-hydrogen) atoms. The summed E-state index contributed by atoms with van der Waals surface area (Å²) in [6, 6.07) is 0. The lowest BCUT2D eigenvalue weighted by molar-refractivity contribution is -0.0756. The second kappa shape index (κ2) is 5.57. The number of H-pyrrole nitrogens is 1. The standard InChI is InChI=1S/C14H18N6O4/c1-3-4-14(16)9(22)8(6(2)21)24-12(14)20-5-17-7-10(20)18-13(15)19-11(7)23/h5-6,8-9,12,21-22H,16H2,1-2H3,(H3,15,18,19,23)/t6-,8-,9?,12-,14-/m1/s1. The van der Waals surface area contributed by atoms with Gasteiger partial charge in [-0.2, -0.15) is 4.98 Å². The molecule has 3 rings (SSSR count). The van der Waals surface area contributed by atoms with Crippen molar-refractivity contribution in [3.63, 3.8) is 0 Å². The maximum absolute atomic E-state index is 11.9. The predicted octanol–water partition coefficient (Wildman–Crippen LogP) is -1.94. The Morgan fingerprint density at radius 2 is 2.29 bits per heavy atom. The molecule has 1 fully saturated rings. The third kappa shape index (κ3) is 2.26. The lowest BCUT2D eigenvalue weighted by Gasteiger charge is -2.27. The Morgan fingerprint density at radius 1 is 1.58 bits per heavy atom. The van der Waals surface area contributed by atoms with Gasteiger partial charge in [0.25, 0.3) is 5.56 Å². The summed E-state index contributed by atoms with van der Waals surface area (Å²) in [5, 5.41) is 20.3. The number of hydrogen-bond donors (Lipinski definition) is 5. The van der Waals surface area contributed by atoms with E-state index in [1.165, 1.54) is 17.8 Å². The number of anilines is 1. The molecule has 7 N–H and O–H groups in total. The van der Waals surface area contributed by atoms with E-state index in [1.54, 1.807) is 6.92 Å². The van der Waals surface area contributed by atoms with Gasteiger partial charge in [-0.1, -0.05) is 5.92 Å². The average Bonchev–Trinajstić information content (AvgIpc) is 3.00. The minimum Gasteiger partial charge on any atom is -0.391 e. The molecule has 2 aromatic heterocycles. The van der Waals surface area contributed by atoms with E-state index >= 15 is 0 Å². The van der Waals surface area contributed by atoms with Gasteiger partial charge in [-0.05, 0) is 13.8 Å². The molecule has 2 aromatic rings. The normalized spacial score (nSPS) is 31.0. The third-order valence-electron chi connectivity index (χ3n) is 4.02. The molecule has 3 heterocycles. The highest BCUT2D eigenvalue weighted by molar-refractivity contribution is 5.70. The van der Waals surface area contributed by atoms with Crippen LogP contribution in [-0.2, 0) is 4.74 Å². The monoisotopic (exact) mass is 334 g/mol. The minimum absolute atomic E-state index is 0.0506. The number of rotatable bonds is 2. The molecule has 128 valence electrons. The minimum atomic E-state index is -1.52. The van der Waals surface area contributed by atoms with Crippen LogP contribution in [0.4, 0.5) is 5.95 Å². The number of nitrogens with zero attached hydrogens (tertiary/aromatic N) is 3. The molecule has 0 spiro atoms. The van der Waals surface area contributed by atoms with Crippen LogP contribution < -0.4 is 17.0 Å². The zero-order valence-corrected chi connectivity index (χ0v) is 13.1. The average molecular weight is 334 g/mol. The van der Waals surface area contributed by atoms with Crippen molar-refractivity contribution < 1.29 is 14.9 Å². The Morgan fingerprint density at radius 3 is 2.92 bits per heavy atom. The van der Waals surface area contributed by atoms with Crippen molar-refractivity contribution in [1.29, 1.82) is 0 Å². The number of nitrogens with one attached hydrogen (secondary N) is 1. The third-order valence-corrected chi connectivity index (χ3v) is 4.02. The molecule has 1 unspecified atom stereocenters. The molecule has 10 heteroatoms. The quantitative estimate of drug-likeness (QED) is 0.396. The van der Waals surface area contributed by atoms with Crippen molar-refractivity contribution in [1.82, 2.24) is 19.5 Å². The maximum Gasteiger partial charge on any atom is 0.280 e. The first-order valence-corrected chi connectivity index (χ1v) is 7.26. The number of nitrogen functional groups attached to an aromatic ring is 1. The van der Waals surface area contributed by atoms with Crippen molar-refractivity contribution >= 4 is 17.1 Å². The van der Waals surface area contributed by atoms with Gasteiger partial charge < -0.3 is 26.4 Å². The molecule has 10 nitrogen and oxygen atoms in total. The SMILES string of the molecule is CC#C[C@@]1(N)C(O)[C@@H]([C@@H](C)O)O[C@H]1n1cnc2c(=O)[nH]c(N)nc21. The van der Waals surface area contributed by atoms with E-state index in [0.717, 1.165) is 0 Å². The van der Waals surface area contributed by atoms with Crippen LogP contribution in [-0.4, -0.2) is 53.6 Å². The van der Waals surface area contributed by atoms with E-state index in [0.29, 0.717) is 0 Å². The molecule has 1 saturated heterocycles. The van der Waals surface area contributed by atoms with Gasteiger partial charge >= 0.3 is 0 Å². The van der Waals surface area contributed by atoms with Crippen LogP contribution in [0.5, 0.6) is 0 Å². The molecule has 5 atom stereocenters. The summed E-state index contributed by atoms with van der Waals surface area (Å²) < 4.78 is 7.12. The van der Waals surface area contributed by atoms with Crippen LogP contribution in [0.3, 0.4) is 0 Å². The van der Waals surface area contributed by atoms with Crippen LogP contribution >= 0.6 is 0 Å². The second-order valence-electron chi connectivity index (χ2n) is 5.72. The van der Waals surface area contributed by atoms with Gasteiger partial charge in [0, 0.05) is 0 Å². The van der Waals surface area contributed by atoms with Crippen molar-refractivity contribution in [2.24, 2.45) is 5.73 Å². The molecule has 0 aromatic carbocycles. The van der Waals surface area contributed by atoms with E-state index in [9.17, 15) is 15.0 Å². The van der Waals surface area contributed by atoms with E-state index in [4.69, 9.17) is 16.2 Å². The van der Waals surface area contributed by atoms with Gasteiger partial charge in [-0.25, -0.2) is 4.98 Å². The van der Waals surface area contributed by atoms with Crippen LogP contribution in [0.15, 0.2) is 11.1 Å². The second-order valence-corrected chi connectivity index (χ2v) is 5.72. The lowest BCUT2D eigenvalue weighted by Crippen LogP contribution is -2.54. The lowest BCUT2D eigenvalue weighted by atomic mass is 9.90.